The first-order valence-electron chi connectivity index (χ1n) is 5.62. The number of carbonyl (C=O) groups is 1. The minimum Gasteiger partial charge on any atom is -0.349 e. The molecule has 1 fully saturated rings. The summed E-state index contributed by atoms with van der Waals surface area (Å²) in [5, 5.41) is 11.0. The zero-order valence-electron chi connectivity index (χ0n) is 9.82. The highest BCUT2D eigenvalue weighted by atomic mass is 35.5. The molecule has 1 aromatic rings. The normalized spacial score (nSPS) is 23.1. The lowest BCUT2D eigenvalue weighted by Crippen LogP contribution is -2.33. The van der Waals surface area contributed by atoms with Gasteiger partial charge in [-0.25, -0.2) is 0 Å². The Morgan fingerprint density at radius 1 is 1.44 bits per heavy atom. The van der Waals surface area contributed by atoms with E-state index in [4.69, 9.17) is 23.2 Å². The van der Waals surface area contributed by atoms with Crippen LogP contribution in [0.1, 0.15) is 29.6 Å². The van der Waals surface area contributed by atoms with Gasteiger partial charge in [-0.05, 0) is 31.6 Å². The lowest BCUT2D eigenvalue weighted by atomic mass is 10.2. The first-order valence-corrected chi connectivity index (χ1v) is 7.67. The minimum atomic E-state index is -0.233. The van der Waals surface area contributed by atoms with E-state index in [1.54, 1.807) is 0 Å². The predicted molar refractivity (Wildman–Crippen MR) is 74.5 cm³/mol. The quantitative estimate of drug-likeness (QED) is 0.933. The molecule has 0 aliphatic heterocycles. The van der Waals surface area contributed by atoms with Gasteiger partial charge in [-0.1, -0.05) is 23.2 Å². The SMILES string of the molecule is CSC1CCC(NC(=O)c2cc(Cl)nnc2Cl)C1. The molecule has 98 valence electrons. The summed E-state index contributed by atoms with van der Waals surface area (Å²) in [6, 6.07) is 1.64. The Hall–Kier alpha value is -0.520. The lowest BCUT2D eigenvalue weighted by Gasteiger charge is -2.13. The topological polar surface area (TPSA) is 54.9 Å². The number of hydrogen-bond donors (Lipinski definition) is 1. The summed E-state index contributed by atoms with van der Waals surface area (Å²) in [5.74, 6) is -0.233. The van der Waals surface area contributed by atoms with E-state index in [0.29, 0.717) is 5.25 Å². The first-order chi connectivity index (χ1) is 8.60. The van der Waals surface area contributed by atoms with Gasteiger partial charge in [0, 0.05) is 11.3 Å². The van der Waals surface area contributed by atoms with E-state index >= 15 is 0 Å². The molecule has 18 heavy (non-hydrogen) atoms. The molecule has 0 spiro atoms. The van der Waals surface area contributed by atoms with Gasteiger partial charge in [-0.15, -0.1) is 10.2 Å². The fraction of sp³-hybridized carbons (Fsp3) is 0.545. The van der Waals surface area contributed by atoms with Crippen LogP contribution in [0.4, 0.5) is 0 Å². The highest BCUT2D eigenvalue weighted by Crippen LogP contribution is 2.28. The molecular formula is C11H13Cl2N3OS. The molecule has 1 heterocycles. The summed E-state index contributed by atoms with van der Waals surface area (Å²) in [6.07, 6.45) is 5.23. The van der Waals surface area contributed by atoms with Gasteiger partial charge in [-0.2, -0.15) is 11.8 Å². The molecule has 0 radical (unpaired) electrons. The minimum absolute atomic E-state index is 0.0799. The zero-order valence-corrected chi connectivity index (χ0v) is 12.1. The molecule has 2 unspecified atom stereocenters. The van der Waals surface area contributed by atoms with Crippen molar-refractivity contribution in [3.8, 4) is 0 Å². The number of hydrogen-bond acceptors (Lipinski definition) is 4. The maximum atomic E-state index is 12.0. The Morgan fingerprint density at radius 2 is 2.22 bits per heavy atom. The predicted octanol–water partition coefficient (Wildman–Crippen LogP) is 2.80. The zero-order chi connectivity index (χ0) is 13.1. The molecule has 1 amide bonds. The Labute approximate surface area is 120 Å². The number of rotatable bonds is 3. The van der Waals surface area contributed by atoms with E-state index in [9.17, 15) is 4.79 Å². The number of halogens is 2. The van der Waals surface area contributed by atoms with Gasteiger partial charge < -0.3 is 5.32 Å². The Morgan fingerprint density at radius 3 is 2.89 bits per heavy atom. The fourth-order valence-corrected chi connectivity index (χ4v) is 3.18. The third kappa shape index (κ3) is 3.28. The van der Waals surface area contributed by atoms with Crippen LogP contribution < -0.4 is 5.32 Å². The highest BCUT2D eigenvalue weighted by molar-refractivity contribution is 7.99. The average molecular weight is 306 g/mol. The standard InChI is InChI=1S/C11H13Cl2N3OS/c1-18-7-3-2-6(4-7)14-11(17)8-5-9(12)15-16-10(8)13/h5-7H,2-4H2,1H3,(H,14,17). The third-order valence-electron chi connectivity index (χ3n) is 3.02. The van der Waals surface area contributed by atoms with Crippen LogP contribution in [-0.2, 0) is 0 Å². The molecule has 1 saturated carbocycles. The molecule has 1 aliphatic carbocycles. The van der Waals surface area contributed by atoms with Crippen molar-refractivity contribution in [2.75, 3.05) is 6.26 Å². The molecule has 1 aliphatic rings. The molecule has 0 aromatic carbocycles. The van der Waals surface area contributed by atoms with Crippen molar-refractivity contribution >= 4 is 40.9 Å². The summed E-state index contributed by atoms with van der Waals surface area (Å²) in [4.78, 5) is 12.0. The van der Waals surface area contributed by atoms with E-state index in [1.807, 2.05) is 11.8 Å². The van der Waals surface area contributed by atoms with Gasteiger partial charge in [0.2, 0.25) is 0 Å². The van der Waals surface area contributed by atoms with Gasteiger partial charge in [0.25, 0.3) is 5.91 Å². The molecule has 2 atom stereocenters. The van der Waals surface area contributed by atoms with Crippen LogP contribution in [-0.4, -0.2) is 33.7 Å². The largest absolute Gasteiger partial charge is 0.349 e. The van der Waals surface area contributed by atoms with Gasteiger partial charge >= 0.3 is 0 Å². The van der Waals surface area contributed by atoms with E-state index in [-0.39, 0.29) is 27.8 Å². The third-order valence-corrected chi connectivity index (χ3v) is 4.58. The smallest absolute Gasteiger partial charge is 0.254 e. The molecule has 0 saturated heterocycles. The van der Waals surface area contributed by atoms with Crippen molar-refractivity contribution in [1.82, 2.24) is 15.5 Å². The molecule has 2 rings (SSSR count). The van der Waals surface area contributed by atoms with Crippen molar-refractivity contribution < 1.29 is 4.79 Å². The fourth-order valence-electron chi connectivity index (χ4n) is 2.06. The Kier molecular flexibility index (Phi) is 4.70. The van der Waals surface area contributed by atoms with Crippen molar-refractivity contribution in [2.24, 2.45) is 0 Å². The van der Waals surface area contributed by atoms with Crippen molar-refractivity contribution in [1.29, 1.82) is 0 Å². The summed E-state index contributed by atoms with van der Waals surface area (Å²) in [7, 11) is 0. The molecule has 4 nitrogen and oxygen atoms in total. The van der Waals surface area contributed by atoms with Gasteiger partial charge in [0.15, 0.2) is 10.3 Å². The first kappa shape index (κ1) is 13.9. The van der Waals surface area contributed by atoms with Crippen LogP contribution >= 0.6 is 35.0 Å². The second kappa shape index (κ2) is 6.08. The van der Waals surface area contributed by atoms with Crippen molar-refractivity contribution in [2.45, 2.75) is 30.6 Å². The Bertz CT molecular complexity index is 458. The molecule has 1 aromatic heterocycles. The molecule has 7 heteroatoms. The van der Waals surface area contributed by atoms with Gasteiger partial charge in [0.1, 0.15) is 0 Å². The number of amides is 1. The number of nitrogens with one attached hydrogen (secondary N) is 1. The number of carbonyl (C=O) groups excluding carboxylic acids is 1. The van der Waals surface area contributed by atoms with Gasteiger partial charge in [0.05, 0.1) is 5.56 Å². The van der Waals surface area contributed by atoms with E-state index in [2.05, 4.69) is 21.8 Å². The second-order valence-electron chi connectivity index (χ2n) is 4.21. The molecule has 0 bridgehead atoms. The maximum absolute atomic E-state index is 12.0. The number of aromatic nitrogens is 2. The van der Waals surface area contributed by atoms with Crippen LogP contribution in [0.15, 0.2) is 6.07 Å². The lowest BCUT2D eigenvalue weighted by molar-refractivity contribution is 0.0937. The Balaban J connectivity index is 2.02. The summed E-state index contributed by atoms with van der Waals surface area (Å²) < 4.78 is 0. The van der Waals surface area contributed by atoms with Crippen molar-refractivity contribution in [3.05, 3.63) is 21.9 Å². The summed E-state index contributed by atoms with van der Waals surface area (Å²) in [5.41, 5.74) is 0.282. The second-order valence-corrected chi connectivity index (χ2v) is 6.10. The van der Waals surface area contributed by atoms with Crippen LogP contribution in [0.5, 0.6) is 0 Å². The molecule has 1 N–H and O–H groups in total. The molecular weight excluding hydrogens is 293 g/mol. The summed E-state index contributed by atoms with van der Waals surface area (Å²) in [6.45, 7) is 0. The van der Waals surface area contributed by atoms with Crippen LogP contribution in [0.2, 0.25) is 10.3 Å². The monoisotopic (exact) mass is 305 g/mol. The summed E-state index contributed by atoms with van der Waals surface area (Å²) >= 11 is 13.4. The van der Waals surface area contributed by atoms with Crippen LogP contribution in [0.25, 0.3) is 0 Å². The average Bonchev–Trinajstić information content (AvgIpc) is 2.80. The van der Waals surface area contributed by atoms with Gasteiger partial charge in [-0.3, -0.25) is 4.79 Å². The van der Waals surface area contributed by atoms with Crippen molar-refractivity contribution in [3.63, 3.8) is 0 Å². The number of thioether (sulfide) groups is 1. The highest BCUT2D eigenvalue weighted by Gasteiger charge is 2.26. The van der Waals surface area contributed by atoms with E-state index in [0.717, 1.165) is 19.3 Å². The number of nitrogens with zero attached hydrogens (tertiary/aromatic N) is 2. The van der Waals surface area contributed by atoms with E-state index in [1.165, 1.54) is 6.07 Å². The van der Waals surface area contributed by atoms with E-state index < -0.39 is 0 Å². The van der Waals surface area contributed by atoms with Crippen LogP contribution in [0.3, 0.4) is 0 Å². The van der Waals surface area contributed by atoms with Crippen LogP contribution in [0, 0.1) is 0 Å². The maximum Gasteiger partial charge on any atom is 0.254 e.